The Balaban J connectivity index is 1.70. The van der Waals surface area contributed by atoms with Crippen molar-refractivity contribution in [3.8, 4) is 6.07 Å². The van der Waals surface area contributed by atoms with Gasteiger partial charge in [0.2, 0.25) is 5.95 Å². The molecule has 0 atom stereocenters. The molecule has 0 amide bonds. The SMILES string of the molecule is N#Cc1ccccc1Nc1nncc(NCc2ccc(F)cc2)n1. The van der Waals surface area contributed by atoms with Crippen LogP contribution in [0.2, 0.25) is 0 Å². The van der Waals surface area contributed by atoms with Crippen molar-refractivity contribution in [2.45, 2.75) is 6.54 Å². The quantitative estimate of drug-likeness (QED) is 0.750. The first kappa shape index (κ1) is 15.4. The van der Waals surface area contributed by atoms with Crippen molar-refractivity contribution in [1.82, 2.24) is 15.2 Å². The first-order valence-electron chi connectivity index (χ1n) is 7.19. The third kappa shape index (κ3) is 3.81. The number of aromatic nitrogens is 3. The second kappa shape index (κ2) is 7.15. The molecule has 0 unspecified atom stereocenters. The van der Waals surface area contributed by atoms with E-state index in [-0.39, 0.29) is 11.8 Å². The molecule has 0 aliphatic heterocycles. The number of anilines is 3. The fourth-order valence-electron chi connectivity index (χ4n) is 2.05. The Morgan fingerprint density at radius 3 is 2.67 bits per heavy atom. The predicted molar refractivity (Wildman–Crippen MR) is 88.0 cm³/mol. The Hall–Kier alpha value is -3.53. The number of hydrogen-bond acceptors (Lipinski definition) is 6. The zero-order valence-corrected chi connectivity index (χ0v) is 12.6. The standard InChI is InChI=1S/C17H13FN6/c18-14-7-5-12(6-8-14)10-20-16-11-21-24-17(23-16)22-15-4-2-1-3-13(15)9-19/h1-8,11H,10H2,(H2,20,22,23,24). The highest BCUT2D eigenvalue weighted by molar-refractivity contribution is 5.63. The lowest BCUT2D eigenvalue weighted by molar-refractivity contribution is 0.627. The first-order valence-corrected chi connectivity index (χ1v) is 7.19. The molecule has 0 radical (unpaired) electrons. The number of halogens is 1. The summed E-state index contributed by atoms with van der Waals surface area (Å²) in [6.07, 6.45) is 1.49. The molecule has 0 saturated heterocycles. The molecule has 0 bridgehead atoms. The number of rotatable bonds is 5. The van der Waals surface area contributed by atoms with Crippen LogP contribution in [0.25, 0.3) is 0 Å². The number of nitrogens with zero attached hydrogens (tertiary/aromatic N) is 4. The van der Waals surface area contributed by atoms with Gasteiger partial charge < -0.3 is 10.6 Å². The highest BCUT2D eigenvalue weighted by atomic mass is 19.1. The van der Waals surface area contributed by atoms with E-state index in [0.717, 1.165) is 5.56 Å². The van der Waals surface area contributed by atoms with Crippen LogP contribution in [0, 0.1) is 17.1 Å². The van der Waals surface area contributed by atoms with Crippen LogP contribution in [0.5, 0.6) is 0 Å². The minimum atomic E-state index is -0.273. The lowest BCUT2D eigenvalue weighted by Gasteiger charge is -2.08. The molecular weight excluding hydrogens is 307 g/mol. The number of benzene rings is 2. The Morgan fingerprint density at radius 1 is 1.08 bits per heavy atom. The molecule has 0 aliphatic carbocycles. The maximum atomic E-state index is 12.9. The van der Waals surface area contributed by atoms with E-state index in [4.69, 9.17) is 5.26 Å². The normalized spacial score (nSPS) is 10.0. The lowest BCUT2D eigenvalue weighted by atomic mass is 10.2. The molecule has 0 saturated carbocycles. The smallest absolute Gasteiger partial charge is 0.249 e. The highest BCUT2D eigenvalue weighted by Crippen LogP contribution is 2.18. The van der Waals surface area contributed by atoms with Gasteiger partial charge in [0.05, 0.1) is 17.4 Å². The van der Waals surface area contributed by atoms with Crippen molar-refractivity contribution in [3.05, 3.63) is 71.7 Å². The van der Waals surface area contributed by atoms with Gasteiger partial charge in [-0.25, -0.2) is 4.39 Å². The van der Waals surface area contributed by atoms with E-state index in [9.17, 15) is 4.39 Å². The van der Waals surface area contributed by atoms with E-state index >= 15 is 0 Å². The molecular formula is C17H13FN6. The Morgan fingerprint density at radius 2 is 1.88 bits per heavy atom. The van der Waals surface area contributed by atoms with Gasteiger partial charge in [-0.2, -0.15) is 15.3 Å². The molecule has 118 valence electrons. The molecule has 3 rings (SSSR count). The molecule has 24 heavy (non-hydrogen) atoms. The number of nitriles is 1. The topological polar surface area (TPSA) is 86.5 Å². The summed E-state index contributed by atoms with van der Waals surface area (Å²) in [6.45, 7) is 0.479. The third-order valence-electron chi connectivity index (χ3n) is 3.24. The fourth-order valence-corrected chi connectivity index (χ4v) is 2.05. The zero-order valence-electron chi connectivity index (χ0n) is 12.6. The summed E-state index contributed by atoms with van der Waals surface area (Å²) < 4.78 is 12.9. The van der Waals surface area contributed by atoms with Gasteiger partial charge in [-0.3, -0.25) is 0 Å². The molecule has 7 heteroatoms. The zero-order chi connectivity index (χ0) is 16.8. The lowest BCUT2D eigenvalue weighted by Crippen LogP contribution is -2.06. The second-order valence-electron chi connectivity index (χ2n) is 4.93. The Labute approximate surface area is 138 Å². The molecule has 3 aromatic rings. The summed E-state index contributed by atoms with van der Waals surface area (Å²) in [4.78, 5) is 4.30. The van der Waals surface area contributed by atoms with Gasteiger partial charge in [0, 0.05) is 6.54 Å². The molecule has 2 N–H and O–H groups in total. The van der Waals surface area contributed by atoms with Crippen LogP contribution >= 0.6 is 0 Å². The largest absolute Gasteiger partial charge is 0.365 e. The molecule has 0 spiro atoms. The van der Waals surface area contributed by atoms with Crippen LogP contribution < -0.4 is 10.6 Å². The molecule has 6 nitrogen and oxygen atoms in total. The van der Waals surface area contributed by atoms with E-state index < -0.39 is 0 Å². The summed E-state index contributed by atoms with van der Waals surface area (Å²) >= 11 is 0. The summed E-state index contributed by atoms with van der Waals surface area (Å²) in [5.74, 6) is 0.526. The second-order valence-corrected chi connectivity index (χ2v) is 4.93. The maximum absolute atomic E-state index is 12.9. The summed E-state index contributed by atoms with van der Waals surface area (Å²) in [7, 11) is 0. The third-order valence-corrected chi connectivity index (χ3v) is 3.24. The summed E-state index contributed by atoms with van der Waals surface area (Å²) in [5.41, 5.74) is 2.02. The average Bonchev–Trinajstić information content (AvgIpc) is 2.62. The highest BCUT2D eigenvalue weighted by Gasteiger charge is 2.05. The van der Waals surface area contributed by atoms with E-state index in [1.165, 1.54) is 18.3 Å². The number of hydrogen-bond donors (Lipinski definition) is 2. The minimum Gasteiger partial charge on any atom is -0.365 e. The summed E-state index contributed by atoms with van der Waals surface area (Å²) in [5, 5.41) is 22.9. The van der Waals surface area contributed by atoms with Gasteiger partial charge in [0.25, 0.3) is 0 Å². The van der Waals surface area contributed by atoms with Crippen molar-refractivity contribution in [1.29, 1.82) is 5.26 Å². The number of para-hydroxylation sites is 1. The van der Waals surface area contributed by atoms with E-state index in [1.807, 2.05) is 6.07 Å². The van der Waals surface area contributed by atoms with Crippen molar-refractivity contribution in [2.24, 2.45) is 0 Å². The van der Waals surface area contributed by atoms with Crippen molar-refractivity contribution < 1.29 is 4.39 Å². The molecule has 1 heterocycles. The fraction of sp³-hybridized carbons (Fsp3) is 0.0588. The van der Waals surface area contributed by atoms with Crippen LogP contribution in [0.1, 0.15) is 11.1 Å². The van der Waals surface area contributed by atoms with Gasteiger partial charge in [-0.1, -0.05) is 24.3 Å². The van der Waals surface area contributed by atoms with Crippen LogP contribution in [0.4, 0.5) is 21.8 Å². The van der Waals surface area contributed by atoms with Crippen LogP contribution in [0.3, 0.4) is 0 Å². The van der Waals surface area contributed by atoms with Gasteiger partial charge in [0.1, 0.15) is 11.9 Å². The van der Waals surface area contributed by atoms with Gasteiger partial charge in [0.15, 0.2) is 5.82 Å². The van der Waals surface area contributed by atoms with E-state index in [1.54, 1.807) is 30.3 Å². The maximum Gasteiger partial charge on any atom is 0.249 e. The van der Waals surface area contributed by atoms with Crippen LogP contribution in [-0.4, -0.2) is 15.2 Å². The predicted octanol–water partition coefficient (Wildman–Crippen LogP) is 3.24. The van der Waals surface area contributed by atoms with Crippen LogP contribution in [-0.2, 0) is 6.54 Å². The van der Waals surface area contributed by atoms with Gasteiger partial charge in [-0.15, -0.1) is 5.10 Å². The monoisotopic (exact) mass is 320 g/mol. The molecule has 2 aromatic carbocycles. The Bertz CT molecular complexity index is 873. The van der Waals surface area contributed by atoms with E-state index in [0.29, 0.717) is 23.6 Å². The van der Waals surface area contributed by atoms with Gasteiger partial charge in [-0.05, 0) is 29.8 Å². The first-order chi connectivity index (χ1) is 11.7. The minimum absolute atomic E-state index is 0.273. The van der Waals surface area contributed by atoms with Crippen molar-refractivity contribution >= 4 is 17.5 Å². The van der Waals surface area contributed by atoms with Crippen molar-refractivity contribution in [3.63, 3.8) is 0 Å². The number of nitrogens with one attached hydrogen (secondary N) is 2. The van der Waals surface area contributed by atoms with Gasteiger partial charge >= 0.3 is 0 Å². The average molecular weight is 320 g/mol. The van der Waals surface area contributed by atoms with Crippen LogP contribution in [0.15, 0.2) is 54.7 Å². The molecule has 0 aliphatic rings. The molecule has 0 fully saturated rings. The van der Waals surface area contributed by atoms with E-state index in [2.05, 4.69) is 31.9 Å². The summed E-state index contributed by atoms with van der Waals surface area (Å²) in [6, 6.07) is 15.4. The Kier molecular flexibility index (Phi) is 4.58. The molecule has 1 aromatic heterocycles. The van der Waals surface area contributed by atoms with Crippen molar-refractivity contribution in [2.75, 3.05) is 10.6 Å².